The highest BCUT2D eigenvalue weighted by Crippen LogP contribution is 2.13. The maximum atomic E-state index is 12.0. The minimum atomic E-state index is -0.357. The smallest absolute Gasteiger partial charge is 0.281 e. The number of rotatable bonds is 7. The van der Waals surface area contributed by atoms with E-state index in [1.807, 2.05) is 4.90 Å². The van der Waals surface area contributed by atoms with Crippen molar-refractivity contribution in [3.05, 3.63) is 0 Å². The molecule has 106 valence electrons. The van der Waals surface area contributed by atoms with Gasteiger partial charge in [0.2, 0.25) is 0 Å². The molecule has 0 aromatic heterocycles. The molecule has 0 atom stereocenters. The van der Waals surface area contributed by atoms with Gasteiger partial charge in [0.1, 0.15) is 0 Å². The summed E-state index contributed by atoms with van der Waals surface area (Å²) in [6.45, 7) is 10.4. The lowest BCUT2D eigenvalue weighted by Gasteiger charge is -2.25. The Balaban J connectivity index is 4.08. The molecule has 6 heteroatoms. The maximum absolute atomic E-state index is 12.0. The Bertz CT molecular complexity index is 261. The second-order valence-electron chi connectivity index (χ2n) is 5.04. The maximum Gasteiger partial charge on any atom is 0.281 e. The third-order valence-electron chi connectivity index (χ3n) is 2.03. The molecule has 0 heterocycles. The molecule has 0 radical (unpaired) electrons. The number of hydrogen-bond acceptors (Lipinski definition) is 3. The number of amides is 2. The van der Waals surface area contributed by atoms with Crippen LogP contribution in [0, 0.1) is 11.8 Å². The molecule has 0 aliphatic rings. The van der Waals surface area contributed by atoms with E-state index >= 15 is 0 Å². The Morgan fingerprint density at radius 3 is 2.06 bits per heavy atom. The van der Waals surface area contributed by atoms with E-state index in [1.54, 1.807) is 0 Å². The third-order valence-corrected chi connectivity index (χ3v) is 3.10. The minimum Gasteiger partial charge on any atom is -0.346 e. The van der Waals surface area contributed by atoms with Gasteiger partial charge in [-0.2, -0.15) is 0 Å². The van der Waals surface area contributed by atoms with Crippen molar-refractivity contribution < 1.29 is 9.59 Å². The fourth-order valence-electron chi connectivity index (χ4n) is 1.49. The third kappa shape index (κ3) is 9.65. The second-order valence-corrected chi connectivity index (χ2v) is 6.49. The normalized spacial score (nSPS) is 10.8. The van der Waals surface area contributed by atoms with Crippen LogP contribution in [0.4, 0.5) is 9.59 Å². The Morgan fingerprint density at radius 1 is 1.17 bits per heavy atom. The van der Waals surface area contributed by atoms with E-state index in [2.05, 4.69) is 45.6 Å². The number of nitrogens with one attached hydrogen (secondary N) is 1. The topological polar surface area (TPSA) is 49.4 Å². The van der Waals surface area contributed by atoms with Gasteiger partial charge in [0.25, 0.3) is 10.5 Å². The molecule has 2 amide bonds. The number of carbonyl (C=O) groups is 2. The summed E-state index contributed by atoms with van der Waals surface area (Å²) in [6.07, 6.45) is 0. The SMILES string of the molecule is CC(C)CN(CC(C)C)C(=O)SCCNC(=O)S. The zero-order valence-electron chi connectivity index (χ0n) is 11.6. The number of hydrogen-bond donors (Lipinski definition) is 2. The molecule has 4 nitrogen and oxygen atoms in total. The van der Waals surface area contributed by atoms with Gasteiger partial charge >= 0.3 is 0 Å². The van der Waals surface area contributed by atoms with Crippen molar-refractivity contribution in [3.63, 3.8) is 0 Å². The molecule has 0 aliphatic heterocycles. The summed E-state index contributed by atoms with van der Waals surface area (Å²) >= 11 is 4.85. The lowest BCUT2D eigenvalue weighted by atomic mass is 10.1. The van der Waals surface area contributed by atoms with Crippen molar-refractivity contribution in [1.82, 2.24) is 10.2 Å². The zero-order chi connectivity index (χ0) is 14.1. The predicted molar refractivity (Wildman–Crippen MR) is 81.5 cm³/mol. The molecule has 0 aliphatic carbocycles. The van der Waals surface area contributed by atoms with Crippen molar-refractivity contribution in [2.75, 3.05) is 25.4 Å². The molecule has 0 aromatic rings. The first kappa shape index (κ1) is 17.6. The van der Waals surface area contributed by atoms with Gasteiger partial charge in [-0.05, 0) is 11.8 Å². The van der Waals surface area contributed by atoms with Crippen LogP contribution in [0.15, 0.2) is 0 Å². The first-order chi connectivity index (χ1) is 8.32. The molecule has 18 heavy (non-hydrogen) atoms. The van der Waals surface area contributed by atoms with Gasteiger partial charge in [-0.15, -0.1) is 0 Å². The van der Waals surface area contributed by atoms with E-state index in [1.165, 1.54) is 11.8 Å². The van der Waals surface area contributed by atoms with Crippen LogP contribution in [-0.4, -0.2) is 40.8 Å². The monoisotopic (exact) mass is 292 g/mol. The van der Waals surface area contributed by atoms with Gasteiger partial charge in [0.15, 0.2) is 0 Å². The average Bonchev–Trinajstić information content (AvgIpc) is 2.21. The second kappa shape index (κ2) is 9.55. The van der Waals surface area contributed by atoms with Crippen molar-refractivity contribution in [1.29, 1.82) is 0 Å². The summed E-state index contributed by atoms with van der Waals surface area (Å²) in [5, 5.41) is 2.29. The molecule has 0 unspecified atom stereocenters. The van der Waals surface area contributed by atoms with Gasteiger partial charge in [0, 0.05) is 25.4 Å². The molecule has 0 spiro atoms. The number of thiol groups is 1. The molecule has 0 fully saturated rings. The Kier molecular flexibility index (Phi) is 9.36. The largest absolute Gasteiger partial charge is 0.346 e. The predicted octanol–water partition coefficient (Wildman–Crippen LogP) is 3.09. The Labute approximate surface area is 120 Å². The van der Waals surface area contributed by atoms with E-state index in [0.29, 0.717) is 24.1 Å². The van der Waals surface area contributed by atoms with Crippen LogP contribution in [0.3, 0.4) is 0 Å². The van der Waals surface area contributed by atoms with E-state index in [4.69, 9.17) is 0 Å². The van der Waals surface area contributed by atoms with Crippen LogP contribution < -0.4 is 5.32 Å². The molecule has 0 bridgehead atoms. The average molecular weight is 292 g/mol. The van der Waals surface area contributed by atoms with Crippen molar-refractivity contribution in [2.45, 2.75) is 27.7 Å². The van der Waals surface area contributed by atoms with Crippen LogP contribution in [0.25, 0.3) is 0 Å². The van der Waals surface area contributed by atoms with Crippen LogP contribution in [0.1, 0.15) is 27.7 Å². The summed E-state index contributed by atoms with van der Waals surface area (Å²) in [4.78, 5) is 24.5. The highest BCUT2D eigenvalue weighted by Gasteiger charge is 2.16. The molecule has 0 rings (SSSR count). The van der Waals surface area contributed by atoms with Gasteiger partial charge in [-0.1, -0.05) is 52.1 Å². The molecular formula is C12H24N2O2S2. The van der Waals surface area contributed by atoms with Crippen molar-refractivity contribution >= 4 is 34.9 Å². The van der Waals surface area contributed by atoms with Crippen molar-refractivity contribution in [2.24, 2.45) is 11.8 Å². The Hall–Kier alpha value is -0.360. The summed E-state index contributed by atoms with van der Waals surface area (Å²) in [6, 6.07) is 0. The lowest BCUT2D eigenvalue weighted by Crippen LogP contribution is -2.35. The van der Waals surface area contributed by atoms with E-state index < -0.39 is 0 Å². The summed E-state index contributed by atoms with van der Waals surface area (Å²) < 4.78 is 0. The molecule has 1 N–H and O–H groups in total. The summed E-state index contributed by atoms with van der Waals surface area (Å²) in [5.74, 6) is 1.51. The van der Waals surface area contributed by atoms with Crippen molar-refractivity contribution in [3.8, 4) is 0 Å². The molecule has 0 saturated carbocycles. The van der Waals surface area contributed by atoms with Crippen LogP contribution in [-0.2, 0) is 0 Å². The number of thioether (sulfide) groups is 1. The first-order valence-corrected chi connectivity index (χ1v) is 7.64. The first-order valence-electron chi connectivity index (χ1n) is 6.21. The highest BCUT2D eigenvalue weighted by molar-refractivity contribution is 8.13. The number of nitrogens with zero attached hydrogens (tertiary/aromatic N) is 1. The van der Waals surface area contributed by atoms with Gasteiger partial charge in [-0.25, -0.2) is 0 Å². The highest BCUT2D eigenvalue weighted by atomic mass is 32.2. The van der Waals surface area contributed by atoms with Gasteiger partial charge in [0.05, 0.1) is 0 Å². The minimum absolute atomic E-state index is 0.0887. The van der Waals surface area contributed by atoms with Crippen LogP contribution in [0.5, 0.6) is 0 Å². The fourth-order valence-corrected chi connectivity index (χ4v) is 2.31. The molecule has 0 saturated heterocycles. The Morgan fingerprint density at radius 2 is 1.67 bits per heavy atom. The van der Waals surface area contributed by atoms with Crippen LogP contribution in [0.2, 0.25) is 0 Å². The lowest BCUT2D eigenvalue weighted by molar-refractivity contribution is 0.208. The van der Waals surface area contributed by atoms with E-state index in [9.17, 15) is 9.59 Å². The molecule has 0 aromatic carbocycles. The molecular weight excluding hydrogens is 268 g/mol. The van der Waals surface area contributed by atoms with E-state index in [-0.39, 0.29) is 10.5 Å². The summed E-state index contributed by atoms with van der Waals surface area (Å²) in [5.41, 5.74) is 0. The standard InChI is InChI=1S/C12H24N2O2S2/c1-9(2)7-14(8-10(3)4)12(16)18-6-5-13-11(15)17/h9-10H,5-8H2,1-4H3,(H2,13,15,17). The van der Waals surface area contributed by atoms with E-state index in [0.717, 1.165) is 13.1 Å². The summed E-state index contributed by atoms with van der Waals surface area (Å²) in [7, 11) is 0. The van der Waals surface area contributed by atoms with Crippen LogP contribution >= 0.6 is 24.4 Å². The zero-order valence-corrected chi connectivity index (χ0v) is 13.3. The fraction of sp³-hybridized carbons (Fsp3) is 0.833. The van der Waals surface area contributed by atoms with Gasteiger partial charge < -0.3 is 10.2 Å². The van der Waals surface area contributed by atoms with Gasteiger partial charge in [-0.3, -0.25) is 9.59 Å². The quantitative estimate of drug-likeness (QED) is 0.560. The number of carbonyl (C=O) groups excluding carboxylic acids is 2.